The number of benzene rings is 15. The second-order valence-corrected chi connectivity index (χ2v) is 29.6. The van der Waals surface area contributed by atoms with Crippen LogP contribution >= 0.6 is 23.5 Å². The highest BCUT2D eigenvalue weighted by Crippen LogP contribution is 2.55. The van der Waals surface area contributed by atoms with Gasteiger partial charge in [0, 0.05) is 93.5 Å². The highest BCUT2D eigenvalue weighted by molar-refractivity contribution is 8.01. The van der Waals surface area contributed by atoms with Gasteiger partial charge in [-0.25, -0.2) is 0 Å². The molecule has 20 rings (SSSR count). The molecule has 4 heterocycles. The fourth-order valence-corrected chi connectivity index (χ4v) is 19.4. The van der Waals surface area contributed by atoms with Gasteiger partial charge in [-0.15, -0.1) is 0 Å². The highest BCUT2D eigenvalue weighted by atomic mass is 32.2. The number of anilines is 9. The van der Waals surface area contributed by atoms with E-state index in [1.54, 1.807) is 0 Å². The van der Waals surface area contributed by atoms with Gasteiger partial charge < -0.3 is 19.6 Å². The molecule has 8 heteroatoms. The third kappa shape index (κ3) is 10.7. The Hall–Kier alpha value is -12.2. The summed E-state index contributed by atoms with van der Waals surface area (Å²) in [4.78, 5) is 15.5. The van der Waals surface area contributed by atoms with Crippen LogP contribution in [0.15, 0.2) is 419 Å². The molecule has 0 saturated heterocycles. The molecule has 1 aliphatic carbocycles. The van der Waals surface area contributed by atoms with Gasteiger partial charge in [-0.1, -0.05) is 319 Å². The summed E-state index contributed by atoms with van der Waals surface area (Å²) in [6, 6.07) is 140. The van der Waals surface area contributed by atoms with Crippen molar-refractivity contribution in [3.05, 3.63) is 400 Å². The van der Waals surface area contributed by atoms with Gasteiger partial charge in [0.05, 0.1) is 6.04 Å². The number of fused-ring (bicyclic) bond motifs is 8. The lowest BCUT2D eigenvalue weighted by molar-refractivity contribution is 0.713. The zero-order chi connectivity index (χ0) is 68.6. The van der Waals surface area contributed by atoms with Crippen molar-refractivity contribution in [3.63, 3.8) is 0 Å². The van der Waals surface area contributed by atoms with Crippen molar-refractivity contribution in [3.8, 4) is 55.6 Å². The van der Waals surface area contributed by atoms with Crippen LogP contribution in [0.3, 0.4) is 0 Å². The van der Waals surface area contributed by atoms with Gasteiger partial charge in [0.15, 0.2) is 0 Å². The third-order valence-electron chi connectivity index (χ3n) is 21.6. The molecule has 15 aromatic carbocycles. The average Bonchev–Trinajstić information content (AvgIpc) is 0.688. The summed E-state index contributed by atoms with van der Waals surface area (Å²) in [6.07, 6.45) is 5.17. The minimum atomic E-state index is -0.208. The first-order valence-electron chi connectivity index (χ1n) is 35.9. The summed E-state index contributed by atoms with van der Waals surface area (Å²) in [5.41, 5.74) is 31.1. The van der Waals surface area contributed by atoms with Crippen molar-refractivity contribution < 1.29 is 0 Å². The zero-order valence-electron chi connectivity index (χ0n) is 56.9. The Labute approximate surface area is 617 Å². The van der Waals surface area contributed by atoms with Crippen LogP contribution in [0.5, 0.6) is 0 Å². The SMILES string of the molecule is C1=C(N(c2ccc(-c3ccccc3)cc2)c2ccc(-c3ccccc3)cc2)C=C2C3B(c4ccccc4N2c2ccccc2)c2cc4c(cc2N(c2ccccc2-c2ccccc2)C13)Sc1cc(N(c2ccc(-c3ccccc3)cc2)c2ccc(-c3ccccc3)cc2)cc2c1B4c1ccccc1S2. The number of allylic oxidation sites excluding steroid dienone is 1. The molecular formula is C96H66B2N4S2. The maximum atomic E-state index is 2.76. The quantitative estimate of drug-likeness (QED) is 0.106. The Bertz CT molecular complexity index is 5640. The summed E-state index contributed by atoms with van der Waals surface area (Å²) in [5, 5.41) is 0. The van der Waals surface area contributed by atoms with Crippen LogP contribution < -0.4 is 46.9 Å². The van der Waals surface area contributed by atoms with Gasteiger partial charge in [-0.3, -0.25) is 0 Å². The molecule has 2 unspecified atom stereocenters. The van der Waals surface area contributed by atoms with E-state index in [0.29, 0.717) is 0 Å². The van der Waals surface area contributed by atoms with Gasteiger partial charge in [0.1, 0.15) is 0 Å². The van der Waals surface area contributed by atoms with Crippen molar-refractivity contribution in [2.75, 3.05) is 19.6 Å². The molecule has 0 bridgehead atoms. The van der Waals surface area contributed by atoms with Crippen LogP contribution in [0.4, 0.5) is 51.2 Å². The Morgan fingerprint density at radius 1 is 0.288 bits per heavy atom. The molecule has 0 radical (unpaired) electrons. The summed E-state index contributed by atoms with van der Waals surface area (Å²) in [5.74, 6) is -0.0589. The van der Waals surface area contributed by atoms with Crippen LogP contribution in [0.25, 0.3) is 55.6 Å². The van der Waals surface area contributed by atoms with Crippen LogP contribution in [0.1, 0.15) is 0 Å². The second kappa shape index (κ2) is 26.0. The van der Waals surface area contributed by atoms with E-state index in [9.17, 15) is 0 Å². The van der Waals surface area contributed by atoms with E-state index >= 15 is 0 Å². The van der Waals surface area contributed by atoms with Crippen LogP contribution in [-0.2, 0) is 0 Å². The fraction of sp³-hybridized carbons (Fsp3) is 0.0208. The molecular weight excluding hydrogens is 1290 g/mol. The Morgan fingerprint density at radius 2 is 0.702 bits per heavy atom. The van der Waals surface area contributed by atoms with E-state index in [1.807, 2.05) is 23.5 Å². The van der Waals surface area contributed by atoms with Crippen molar-refractivity contribution in [2.24, 2.45) is 0 Å². The summed E-state index contributed by atoms with van der Waals surface area (Å²) >= 11 is 3.86. The number of para-hydroxylation sites is 3. The molecule has 0 N–H and O–H groups in total. The minimum absolute atomic E-state index is 0.0257. The molecule has 15 aromatic rings. The predicted molar refractivity (Wildman–Crippen MR) is 441 cm³/mol. The molecule has 4 aliphatic heterocycles. The molecule has 104 heavy (non-hydrogen) atoms. The molecule has 0 fully saturated rings. The van der Waals surface area contributed by atoms with E-state index < -0.39 is 0 Å². The van der Waals surface area contributed by atoms with Crippen LogP contribution in [-0.4, -0.2) is 19.5 Å². The molecule has 0 saturated carbocycles. The summed E-state index contributed by atoms with van der Waals surface area (Å²) in [7, 11) is 0. The molecule has 488 valence electrons. The first-order chi connectivity index (χ1) is 51.6. The van der Waals surface area contributed by atoms with Crippen LogP contribution in [0, 0.1) is 0 Å². The largest absolute Gasteiger partial charge is 0.334 e. The molecule has 2 atom stereocenters. The number of nitrogens with zero attached hydrogens (tertiary/aromatic N) is 4. The third-order valence-corrected chi connectivity index (χ3v) is 23.9. The summed E-state index contributed by atoms with van der Waals surface area (Å²) in [6.45, 7) is -0.0665. The first kappa shape index (κ1) is 61.7. The van der Waals surface area contributed by atoms with Crippen LogP contribution in [0.2, 0.25) is 5.82 Å². The Balaban J connectivity index is 0.816. The molecule has 5 aliphatic rings. The monoisotopic (exact) mass is 1360 g/mol. The second-order valence-electron chi connectivity index (χ2n) is 27.4. The van der Waals surface area contributed by atoms with Crippen molar-refractivity contribution in [1.82, 2.24) is 0 Å². The lowest BCUT2D eigenvalue weighted by atomic mass is 9.27. The average molecular weight is 1360 g/mol. The smallest absolute Gasteiger partial charge is 0.247 e. The fourth-order valence-electron chi connectivity index (χ4n) is 16.9. The summed E-state index contributed by atoms with van der Waals surface area (Å²) < 4.78 is 0. The lowest BCUT2D eigenvalue weighted by Gasteiger charge is -2.54. The minimum Gasteiger partial charge on any atom is -0.334 e. The Morgan fingerprint density at radius 3 is 1.22 bits per heavy atom. The maximum absolute atomic E-state index is 2.76. The standard InChI is InChI=1S/C96H66B2N4S2/c1-7-25-65(26-8-1)69-43-51-75(52-44-69)99(76-53-45-70(46-54-76)66-27-9-2-10-28-66)79-59-89-95-90(60-79)102(86-40-22-19-37-81(86)73-33-15-5-16-34-73)88-64-92-85(63-84(88)97(95)82-38-20-23-41-87(82)101(89)74-35-17-6-18-36-74)98-83-39-21-24-42-91(83)103-93-61-80(62-94(104-92)96(93)98)100(77-55-47-71(48-56-77)67-29-11-3-12-30-67)78-57-49-72(50-58-78)68-31-13-4-14-32-68/h1-64,90,95H. The number of hydrogen-bond acceptors (Lipinski definition) is 6. The Kier molecular flexibility index (Phi) is 15.4. The topological polar surface area (TPSA) is 13.0 Å². The first-order valence-corrected chi connectivity index (χ1v) is 37.6. The zero-order valence-corrected chi connectivity index (χ0v) is 58.5. The van der Waals surface area contributed by atoms with E-state index in [2.05, 4.69) is 408 Å². The normalized spacial score (nSPS) is 14.9. The van der Waals surface area contributed by atoms with Crippen molar-refractivity contribution in [2.45, 2.75) is 31.4 Å². The van der Waals surface area contributed by atoms with Crippen molar-refractivity contribution >= 4 is 115 Å². The highest BCUT2D eigenvalue weighted by Gasteiger charge is 2.54. The van der Waals surface area contributed by atoms with Crippen molar-refractivity contribution in [1.29, 1.82) is 0 Å². The number of hydrogen-bond donors (Lipinski definition) is 0. The van der Waals surface area contributed by atoms with Gasteiger partial charge in [-0.05, 0) is 170 Å². The lowest BCUT2D eigenvalue weighted by Crippen LogP contribution is -2.65. The van der Waals surface area contributed by atoms with E-state index in [-0.39, 0.29) is 25.3 Å². The van der Waals surface area contributed by atoms with E-state index in [4.69, 9.17) is 0 Å². The molecule has 0 aromatic heterocycles. The van der Waals surface area contributed by atoms with Gasteiger partial charge in [0.25, 0.3) is 0 Å². The van der Waals surface area contributed by atoms with Gasteiger partial charge in [0.2, 0.25) is 13.4 Å². The number of rotatable bonds is 13. The van der Waals surface area contributed by atoms with Gasteiger partial charge in [-0.2, -0.15) is 0 Å². The molecule has 0 amide bonds. The van der Waals surface area contributed by atoms with Gasteiger partial charge >= 0.3 is 0 Å². The predicted octanol–water partition coefficient (Wildman–Crippen LogP) is 22.2. The molecule has 4 nitrogen and oxygen atoms in total. The maximum Gasteiger partial charge on any atom is 0.247 e. The van der Waals surface area contributed by atoms with E-state index in [1.165, 1.54) is 120 Å². The van der Waals surface area contributed by atoms with E-state index in [0.717, 1.165) is 45.5 Å². The molecule has 0 spiro atoms.